The van der Waals surface area contributed by atoms with Crippen molar-refractivity contribution < 1.29 is 23.8 Å². The van der Waals surface area contributed by atoms with E-state index in [4.69, 9.17) is 26.4 Å². The number of thiocarbonyl (C=S) groups is 1. The average molecular weight is 594 g/mol. The molecule has 4 aromatic carbocycles. The van der Waals surface area contributed by atoms with Crippen molar-refractivity contribution >= 4 is 55.8 Å². The van der Waals surface area contributed by atoms with Crippen LogP contribution in [-0.2, 0) is 4.79 Å². The van der Waals surface area contributed by atoms with Crippen LogP contribution in [0.15, 0.2) is 95.5 Å². The van der Waals surface area contributed by atoms with Crippen molar-refractivity contribution in [1.29, 1.82) is 0 Å². The molecule has 0 atom stereocenters. The lowest BCUT2D eigenvalue weighted by Crippen LogP contribution is -2.49. The van der Waals surface area contributed by atoms with Gasteiger partial charge in [0.15, 0.2) is 11.7 Å². The number of hydrazine groups is 1. The van der Waals surface area contributed by atoms with Gasteiger partial charge in [0, 0.05) is 5.56 Å². The maximum atomic E-state index is 12.4. The van der Waals surface area contributed by atoms with Crippen molar-refractivity contribution in [2.45, 2.75) is 0 Å². The summed E-state index contributed by atoms with van der Waals surface area (Å²) in [7, 11) is 0. The monoisotopic (exact) mass is 593 g/mol. The zero-order valence-corrected chi connectivity index (χ0v) is 22.5. The molecule has 0 spiro atoms. The van der Waals surface area contributed by atoms with Crippen molar-refractivity contribution in [3.05, 3.63) is 101 Å². The third-order valence-corrected chi connectivity index (χ3v) is 6.23. The molecular weight excluding hydrogens is 570 g/mol. The van der Waals surface area contributed by atoms with E-state index in [1.54, 1.807) is 30.3 Å². The van der Waals surface area contributed by atoms with Gasteiger partial charge in [0.25, 0.3) is 11.8 Å². The Morgan fingerprint density at radius 1 is 0.737 bits per heavy atom. The second kappa shape index (κ2) is 13.4. The van der Waals surface area contributed by atoms with E-state index >= 15 is 0 Å². The first-order valence-electron chi connectivity index (χ1n) is 11.6. The first kappa shape index (κ1) is 26.9. The zero-order chi connectivity index (χ0) is 26.7. The fraction of sp³-hybridized carbons (Fsp3) is 0.107. The normalized spacial score (nSPS) is 10.3. The SMILES string of the molecule is O=C(COc1ccc2ccccc2c1Br)NNC(=S)NC(=O)c1ccc(OCCOc2ccccc2)cc1. The van der Waals surface area contributed by atoms with E-state index in [1.165, 1.54) is 0 Å². The fourth-order valence-corrected chi connectivity index (χ4v) is 4.13. The van der Waals surface area contributed by atoms with E-state index in [9.17, 15) is 9.59 Å². The number of fused-ring (bicyclic) bond motifs is 1. The number of halogens is 1. The van der Waals surface area contributed by atoms with Crippen molar-refractivity contribution in [3.8, 4) is 17.2 Å². The summed E-state index contributed by atoms with van der Waals surface area (Å²) in [4.78, 5) is 24.6. The standard InChI is InChI=1S/C28H24BrN3O5S/c29-26-23-9-5-4-6-19(23)12-15-24(26)37-18-25(33)31-32-28(38)30-27(34)20-10-13-22(14-11-20)36-17-16-35-21-7-2-1-3-8-21/h1-15H,16-18H2,(H,31,33)(H2,30,32,34,38). The summed E-state index contributed by atoms with van der Waals surface area (Å²) in [6.07, 6.45) is 0. The minimum Gasteiger partial charge on any atom is -0.490 e. The molecule has 0 heterocycles. The number of hydrogen-bond donors (Lipinski definition) is 3. The molecule has 0 radical (unpaired) electrons. The molecule has 0 bridgehead atoms. The summed E-state index contributed by atoms with van der Waals surface area (Å²) in [6, 6.07) is 27.6. The first-order chi connectivity index (χ1) is 18.5. The van der Waals surface area contributed by atoms with Gasteiger partial charge in [-0.25, -0.2) is 0 Å². The summed E-state index contributed by atoms with van der Waals surface area (Å²) in [5, 5.41) is 4.47. The van der Waals surface area contributed by atoms with Crippen LogP contribution in [0.4, 0.5) is 0 Å². The molecule has 0 saturated carbocycles. The Hall–Kier alpha value is -4.15. The number of carbonyl (C=O) groups excluding carboxylic acids is 2. The van der Waals surface area contributed by atoms with E-state index in [1.807, 2.05) is 60.7 Å². The quantitative estimate of drug-likeness (QED) is 0.146. The van der Waals surface area contributed by atoms with Crippen LogP contribution < -0.4 is 30.4 Å². The zero-order valence-electron chi connectivity index (χ0n) is 20.1. The lowest BCUT2D eigenvalue weighted by atomic mass is 10.1. The van der Waals surface area contributed by atoms with E-state index in [-0.39, 0.29) is 11.7 Å². The number of carbonyl (C=O) groups is 2. The number of hydrogen-bond acceptors (Lipinski definition) is 6. The summed E-state index contributed by atoms with van der Waals surface area (Å²) in [5.74, 6) is 0.996. The fourth-order valence-electron chi connectivity index (χ4n) is 3.38. The Morgan fingerprint density at radius 3 is 2.13 bits per heavy atom. The van der Waals surface area contributed by atoms with Gasteiger partial charge < -0.3 is 14.2 Å². The highest BCUT2D eigenvalue weighted by molar-refractivity contribution is 9.10. The third kappa shape index (κ3) is 7.67. The average Bonchev–Trinajstić information content (AvgIpc) is 2.95. The van der Waals surface area contributed by atoms with Gasteiger partial charge in [-0.15, -0.1) is 0 Å². The van der Waals surface area contributed by atoms with Crippen molar-refractivity contribution in [1.82, 2.24) is 16.2 Å². The highest BCUT2D eigenvalue weighted by Gasteiger charge is 2.11. The largest absolute Gasteiger partial charge is 0.490 e. The minimum atomic E-state index is -0.473. The molecule has 0 saturated heterocycles. The van der Waals surface area contributed by atoms with Gasteiger partial charge in [-0.05, 0) is 81.4 Å². The number of para-hydroxylation sites is 1. The molecule has 38 heavy (non-hydrogen) atoms. The van der Waals surface area contributed by atoms with Gasteiger partial charge in [0.2, 0.25) is 0 Å². The molecule has 4 aromatic rings. The minimum absolute atomic E-state index is 0.0615. The van der Waals surface area contributed by atoms with E-state index in [0.29, 0.717) is 30.3 Å². The van der Waals surface area contributed by atoms with Crippen LogP contribution in [0.3, 0.4) is 0 Å². The van der Waals surface area contributed by atoms with Crippen LogP contribution in [0, 0.1) is 0 Å². The van der Waals surface area contributed by atoms with E-state index in [0.717, 1.165) is 21.0 Å². The number of benzene rings is 4. The van der Waals surface area contributed by atoms with Gasteiger partial charge in [-0.3, -0.25) is 25.8 Å². The molecule has 8 nitrogen and oxygen atoms in total. The maximum Gasteiger partial charge on any atom is 0.276 e. The molecule has 0 aromatic heterocycles. The Balaban J connectivity index is 1.16. The lowest BCUT2D eigenvalue weighted by Gasteiger charge is -2.13. The van der Waals surface area contributed by atoms with Crippen molar-refractivity contribution in [2.75, 3.05) is 19.8 Å². The molecule has 0 unspecified atom stereocenters. The summed E-state index contributed by atoms with van der Waals surface area (Å²) >= 11 is 8.61. The van der Waals surface area contributed by atoms with Gasteiger partial charge >= 0.3 is 0 Å². The molecule has 3 N–H and O–H groups in total. The molecule has 2 amide bonds. The molecule has 0 aliphatic heterocycles. The number of rotatable bonds is 9. The van der Waals surface area contributed by atoms with Crippen molar-refractivity contribution in [3.63, 3.8) is 0 Å². The van der Waals surface area contributed by atoms with Crippen LogP contribution >= 0.6 is 28.1 Å². The predicted octanol–water partition coefficient (Wildman–Crippen LogP) is 4.77. The molecule has 194 valence electrons. The lowest BCUT2D eigenvalue weighted by molar-refractivity contribution is -0.123. The third-order valence-electron chi connectivity index (χ3n) is 5.21. The number of nitrogens with one attached hydrogen (secondary N) is 3. The molecular formula is C28H24BrN3O5S. The van der Waals surface area contributed by atoms with Crippen LogP contribution in [0.5, 0.6) is 17.2 Å². The Bertz CT molecular complexity index is 1420. The number of ether oxygens (including phenoxy) is 3. The van der Waals surface area contributed by atoms with Crippen LogP contribution in [-0.4, -0.2) is 36.7 Å². The van der Waals surface area contributed by atoms with Crippen molar-refractivity contribution in [2.24, 2.45) is 0 Å². The smallest absolute Gasteiger partial charge is 0.276 e. The summed E-state index contributed by atoms with van der Waals surface area (Å²) in [6.45, 7) is 0.497. The Labute approximate surface area is 233 Å². The first-order valence-corrected chi connectivity index (χ1v) is 12.8. The van der Waals surface area contributed by atoms with Gasteiger partial charge in [-0.2, -0.15) is 0 Å². The Morgan fingerprint density at radius 2 is 1.39 bits per heavy atom. The Kier molecular flexibility index (Phi) is 9.49. The van der Waals surface area contributed by atoms with E-state index < -0.39 is 11.8 Å². The molecule has 4 rings (SSSR count). The van der Waals surface area contributed by atoms with Crippen LogP contribution in [0.25, 0.3) is 10.8 Å². The topological polar surface area (TPSA) is 97.9 Å². The van der Waals surface area contributed by atoms with Crippen LogP contribution in [0.1, 0.15) is 10.4 Å². The highest BCUT2D eigenvalue weighted by atomic mass is 79.9. The molecule has 0 aliphatic carbocycles. The number of amides is 2. The second-order valence-corrected chi connectivity index (χ2v) is 9.08. The van der Waals surface area contributed by atoms with Gasteiger partial charge in [0.05, 0.1) is 4.47 Å². The van der Waals surface area contributed by atoms with E-state index in [2.05, 4.69) is 32.1 Å². The molecule has 0 fully saturated rings. The maximum absolute atomic E-state index is 12.4. The summed E-state index contributed by atoms with van der Waals surface area (Å²) < 4.78 is 17.6. The highest BCUT2D eigenvalue weighted by Crippen LogP contribution is 2.32. The summed E-state index contributed by atoms with van der Waals surface area (Å²) in [5.41, 5.74) is 5.26. The molecule has 10 heteroatoms. The van der Waals surface area contributed by atoms with Gasteiger partial charge in [0.1, 0.15) is 30.5 Å². The van der Waals surface area contributed by atoms with Crippen LogP contribution in [0.2, 0.25) is 0 Å². The second-order valence-electron chi connectivity index (χ2n) is 7.88. The molecule has 0 aliphatic rings. The van der Waals surface area contributed by atoms with Gasteiger partial charge in [-0.1, -0.05) is 48.5 Å². The predicted molar refractivity (Wildman–Crippen MR) is 152 cm³/mol.